The molecule has 2 aromatic heterocycles. The Morgan fingerprint density at radius 1 is 1.38 bits per heavy atom. The molecule has 0 aliphatic rings. The second kappa shape index (κ2) is 4.80. The minimum absolute atomic E-state index is 0.347. The molecular formula is C10H12FN5. The Kier molecular flexibility index (Phi) is 3.21. The molecule has 0 aliphatic heterocycles. The highest BCUT2D eigenvalue weighted by Gasteiger charge is 2.01. The van der Waals surface area contributed by atoms with Gasteiger partial charge in [0.15, 0.2) is 0 Å². The van der Waals surface area contributed by atoms with Crippen molar-refractivity contribution in [3.05, 3.63) is 41.7 Å². The summed E-state index contributed by atoms with van der Waals surface area (Å²) in [5.41, 5.74) is 7.00. The van der Waals surface area contributed by atoms with E-state index in [1.54, 1.807) is 17.1 Å². The van der Waals surface area contributed by atoms with Crippen LogP contribution in [0.15, 0.2) is 24.7 Å². The van der Waals surface area contributed by atoms with Crippen LogP contribution in [0, 0.1) is 5.82 Å². The average Bonchev–Trinajstić information content (AvgIpc) is 2.66. The molecule has 0 aromatic carbocycles. The zero-order valence-corrected chi connectivity index (χ0v) is 8.67. The molecule has 0 saturated carbocycles. The SMILES string of the molecule is NCCc1cn(Cc2cncc(F)c2)nn1. The van der Waals surface area contributed by atoms with E-state index in [0.717, 1.165) is 11.3 Å². The second-order valence-electron chi connectivity index (χ2n) is 3.46. The fourth-order valence-corrected chi connectivity index (χ4v) is 1.41. The third kappa shape index (κ3) is 2.60. The fraction of sp³-hybridized carbons (Fsp3) is 0.300. The van der Waals surface area contributed by atoms with Crippen LogP contribution in [0.5, 0.6) is 0 Å². The largest absolute Gasteiger partial charge is 0.330 e. The Balaban J connectivity index is 2.08. The molecule has 0 atom stereocenters. The van der Waals surface area contributed by atoms with Crippen LogP contribution in [0.1, 0.15) is 11.3 Å². The van der Waals surface area contributed by atoms with Crippen LogP contribution in [0.3, 0.4) is 0 Å². The highest BCUT2D eigenvalue weighted by atomic mass is 19.1. The number of hydrogen-bond acceptors (Lipinski definition) is 4. The topological polar surface area (TPSA) is 69.6 Å². The summed E-state index contributed by atoms with van der Waals surface area (Å²) in [5.74, 6) is -0.347. The van der Waals surface area contributed by atoms with E-state index in [4.69, 9.17) is 5.73 Å². The number of aromatic nitrogens is 4. The third-order valence-electron chi connectivity index (χ3n) is 2.09. The summed E-state index contributed by atoms with van der Waals surface area (Å²) in [4.78, 5) is 3.77. The summed E-state index contributed by atoms with van der Waals surface area (Å²) < 4.78 is 14.5. The Bertz CT molecular complexity index is 468. The highest BCUT2D eigenvalue weighted by Crippen LogP contribution is 2.03. The molecule has 0 saturated heterocycles. The predicted octanol–water partition coefficient (Wildman–Crippen LogP) is 0.362. The zero-order valence-electron chi connectivity index (χ0n) is 8.67. The molecule has 0 spiro atoms. The number of nitrogens with zero attached hydrogens (tertiary/aromatic N) is 4. The van der Waals surface area contributed by atoms with Gasteiger partial charge in [0.25, 0.3) is 0 Å². The summed E-state index contributed by atoms with van der Waals surface area (Å²) in [6.45, 7) is 1.00. The molecule has 2 N–H and O–H groups in total. The molecule has 0 unspecified atom stereocenters. The maximum atomic E-state index is 12.9. The van der Waals surface area contributed by atoms with Gasteiger partial charge in [-0.15, -0.1) is 5.10 Å². The first-order valence-corrected chi connectivity index (χ1v) is 4.96. The summed E-state index contributed by atoms with van der Waals surface area (Å²) in [5, 5.41) is 7.86. The molecule has 0 bridgehead atoms. The van der Waals surface area contributed by atoms with Gasteiger partial charge in [-0.3, -0.25) is 4.98 Å². The number of hydrogen-bond donors (Lipinski definition) is 1. The first-order chi connectivity index (χ1) is 7.78. The van der Waals surface area contributed by atoms with E-state index in [1.165, 1.54) is 12.3 Å². The van der Waals surface area contributed by atoms with Crippen molar-refractivity contribution in [2.24, 2.45) is 5.73 Å². The lowest BCUT2D eigenvalue weighted by Crippen LogP contribution is -2.03. The van der Waals surface area contributed by atoms with Crippen molar-refractivity contribution >= 4 is 0 Å². The third-order valence-corrected chi connectivity index (χ3v) is 2.09. The van der Waals surface area contributed by atoms with Crippen molar-refractivity contribution in [3.8, 4) is 0 Å². The van der Waals surface area contributed by atoms with Crippen LogP contribution in [0.25, 0.3) is 0 Å². The van der Waals surface area contributed by atoms with Crippen LogP contribution in [0.4, 0.5) is 4.39 Å². The van der Waals surface area contributed by atoms with Crippen LogP contribution >= 0.6 is 0 Å². The Labute approximate surface area is 92.1 Å². The molecule has 2 heterocycles. The lowest BCUT2D eigenvalue weighted by molar-refractivity contribution is 0.607. The zero-order chi connectivity index (χ0) is 11.4. The van der Waals surface area contributed by atoms with Gasteiger partial charge in [-0.1, -0.05) is 5.21 Å². The fourth-order valence-electron chi connectivity index (χ4n) is 1.41. The summed E-state index contributed by atoms with van der Waals surface area (Å²) >= 11 is 0. The Hall–Kier alpha value is -1.82. The predicted molar refractivity (Wildman–Crippen MR) is 56.1 cm³/mol. The van der Waals surface area contributed by atoms with Gasteiger partial charge in [0.05, 0.1) is 18.4 Å². The van der Waals surface area contributed by atoms with Crippen molar-refractivity contribution in [3.63, 3.8) is 0 Å². The van der Waals surface area contributed by atoms with Crippen LogP contribution in [0.2, 0.25) is 0 Å². The van der Waals surface area contributed by atoms with Gasteiger partial charge in [0.1, 0.15) is 5.82 Å². The number of nitrogens with two attached hydrogens (primary N) is 1. The average molecular weight is 221 g/mol. The maximum Gasteiger partial charge on any atom is 0.141 e. The molecule has 2 aromatic rings. The van der Waals surface area contributed by atoms with Gasteiger partial charge >= 0.3 is 0 Å². The van der Waals surface area contributed by atoms with Gasteiger partial charge in [-0.05, 0) is 18.2 Å². The maximum absolute atomic E-state index is 12.9. The molecule has 0 aliphatic carbocycles. The van der Waals surface area contributed by atoms with E-state index in [2.05, 4.69) is 15.3 Å². The minimum Gasteiger partial charge on any atom is -0.330 e. The molecular weight excluding hydrogens is 209 g/mol. The van der Waals surface area contributed by atoms with E-state index < -0.39 is 0 Å². The molecule has 84 valence electrons. The molecule has 0 radical (unpaired) electrons. The first kappa shape index (κ1) is 10.7. The van der Waals surface area contributed by atoms with E-state index in [0.29, 0.717) is 19.5 Å². The molecule has 5 nitrogen and oxygen atoms in total. The van der Waals surface area contributed by atoms with E-state index in [1.807, 2.05) is 0 Å². The first-order valence-electron chi connectivity index (χ1n) is 4.96. The van der Waals surface area contributed by atoms with E-state index >= 15 is 0 Å². The van der Waals surface area contributed by atoms with Crippen LogP contribution < -0.4 is 5.73 Å². The normalized spacial score (nSPS) is 10.6. The van der Waals surface area contributed by atoms with Gasteiger partial charge in [0, 0.05) is 18.8 Å². The lowest BCUT2D eigenvalue weighted by atomic mass is 10.3. The lowest BCUT2D eigenvalue weighted by Gasteiger charge is -1.99. The van der Waals surface area contributed by atoms with Crippen LogP contribution in [-0.2, 0) is 13.0 Å². The summed E-state index contributed by atoms with van der Waals surface area (Å²) in [6.07, 6.45) is 5.28. The standard InChI is InChI=1S/C10H12FN5/c11-9-3-8(4-13-5-9)6-16-7-10(1-2-12)14-15-16/h3-5,7H,1-2,6,12H2. The van der Waals surface area contributed by atoms with Gasteiger partial charge in [-0.25, -0.2) is 9.07 Å². The second-order valence-corrected chi connectivity index (χ2v) is 3.46. The Morgan fingerprint density at radius 2 is 2.25 bits per heavy atom. The molecule has 0 amide bonds. The monoisotopic (exact) mass is 221 g/mol. The molecule has 16 heavy (non-hydrogen) atoms. The van der Waals surface area contributed by atoms with Crippen molar-refractivity contribution in [1.29, 1.82) is 0 Å². The van der Waals surface area contributed by atoms with Gasteiger partial charge in [0.2, 0.25) is 0 Å². The number of rotatable bonds is 4. The molecule has 2 rings (SSSR count). The molecule has 6 heteroatoms. The smallest absolute Gasteiger partial charge is 0.141 e. The summed E-state index contributed by atoms with van der Waals surface area (Å²) in [7, 11) is 0. The highest BCUT2D eigenvalue weighted by molar-refractivity contribution is 5.10. The molecule has 0 fully saturated rings. The van der Waals surface area contributed by atoms with Crippen molar-refractivity contribution in [1.82, 2.24) is 20.0 Å². The van der Waals surface area contributed by atoms with E-state index in [-0.39, 0.29) is 5.82 Å². The number of pyridine rings is 1. The quantitative estimate of drug-likeness (QED) is 0.809. The van der Waals surface area contributed by atoms with E-state index in [9.17, 15) is 4.39 Å². The van der Waals surface area contributed by atoms with Crippen LogP contribution in [-0.4, -0.2) is 26.5 Å². The van der Waals surface area contributed by atoms with Gasteiger partial charge < -0.3 is 5.73 Å². The minimum atomic E-state index is -0.347. The summed E-state index contributed by atoms with van der Waals surface area (Å²) in [6, 6.07) is 1.43. The van der Waals surface area contributed by atoms with Crippen molar-refractivity contribution in [2.45, 2.75) is 13.0 Å². The van der Waals surface area contributed by atoms with Crippen molar-refractivity contribution < 1.29 is 4.39 Å². The van der Waals surface area contributed by atoms with Crippen molar-refractivity contribution in [2.75, 3.05) is 6.54 Å². The number of halogens is 1. The van der Waals surface area contributed by atoms with Gasteiger partial charge in [-0.2, -0.15) is 0 Å². The Morgan fingerprint density at radius 3 is 3.00 bits per heavy atom.